The molecule has 0 unspecified atom stereocenters. The van der Waals surface area contributed by atoms with Crippen LogP contribution in [-0.4, -0.2) is 92.6 Å². The maximum Gasteiger partial charge on any atom is 0.255 e. The van der Waals surface area contributed by atoms with Crippen molar-refractivity contribution >= 4 is 21.7 Å². The smallest absolute Gasteiger partial charge is 0.255 e. The number of ether oxygens (including phenoxy) is 2. The normalized spacial score (nSPS) is 28.0. The Labute approximate surface area is 241 Å². The average molecular weight is 586 g/mol. The van der Waals surface area contributed by atoms with Crippen molar-refractivity contribution in [1.29, 1.82) is 0 Å². The molecule has 2 amide bonds. The van der Waals surface area contributed by atoms with Gasteiger partial charge in [0.15, 0.2) is 9.84 Å². The second kappa shape index (κ2) is 12.1. The highest BCUT2D eigenvalue weighted by atomic mass is 32.2. The highest BCUT2D eigenvalue weighted by Gasteiger charge is 2.40. The molecule has 41 heavy (non-hydrogen) atoms. The van der Waals surface area contributed by atoms with Crippen LogP contribution in [0.1, 0.15) is 49.9 Å². The summed E-state index contributed by atoms with van der Waals surface area (Å²) in [6, 6.07) is 11.4. The molecule has 10 nitrogen and oxygen atoms in total. The van der Waals surface area contributed by atoms with Gasteiger partial charge in [-0.1, -0.05) is 18.2 Å². The first-order valence-corrected chi connectivity index (χ1v) is 16.1. The van der Waals surface area contributed by atoms with E-state index in [1.165, 1.54) is 6.26 Å². The van der Waals surface area contributed by atoms with Crippen LogP contribution in [0.25, 0.3) is 11.1 Å². The average Bonchev–Trinajstić information content (AvgIpc) is 3.36. The minimum Gasteiger partial charge on any atom is -0.493 e. The molecule has 3 aliphatic heterocycles. The number of likely N-dealkylation sites (tertiary alicyclic amines) is 1. The summed E-state index contributed by atoms with van der Waals surface area (Å²) in [7, 11) is -3.32. The zero-order valence-corrected chi connectivity index (χ0v) is 24.5. The van der Waals surface area contributed by atoms with Crippen molar-refractivity contribution in [1.82, 2.24) is 15.5 Å². The van der Waals surface area contributed by atoms with Crippen LogP contribution in [0.15, 0.2) is 47.4 Å². The monoisotopic (exact) mass is 585 g/mol. The van der Waals surface area contributed by atoms with Crippen LogP contribution in [0.2, 0.25) is 0 Å². The number of aliphatic hydroxyl groups is 1. The van der Waals surface area contributed by atoms with Crippen LogP contribution in [0.4, 0.5) is 0 Å². The summed E-state index contributed by atoms with van der Waals surface area (Å²) in [6.07, 6.45) is 2.12. The Morgan fingerprint density at radius 1 is 1.02 bits per heavy atom. The molecule has 2 fully saturated rings. The van der Waals surface area contributed by atoms with E-state index in [1.54, 1.807) is 36.4 Å². The number of nitrogens with one attached hydrogen (secondary N) is 2. The van der Waals surface area contributed by atoms with Gasteiger partial charge in [-0.15, -0.1) is 0 Å². The Morgan fingerprint density at radius 3 is 2.46 bits per heavy atom. The van der Waals surface area contributed by atoms with Crippen LogP contribution in [0.5, 0.6) is 5.75 Å². The maximum absolute atomic E-state index is 13.5. The lowest BCUT2D eigenvalue weighted by molar-refractivity contribution is -0.134. The van der Waals surface area contributed by atoms with E-state index in [0.29, 0.717) is 50.1 Å². The lowest BCUT2D eigenvalue weighted by atomic mass is 9.99. The summed E-state index contributed by atoms with van der Waals surface area (Å²) in [6.45, 7) is 5.11. The second-order valence-corrected chi connectivity index (χ2v) is 13.6. The minimum atomic E-state index is -3.32. The standard InChI is InChI=1S/C30H39N3O7S/c1-18(2)33-17-21-15-25(33)30(36)31-16-28-26(34)11-7-22(40-28)12-13-39-27-14-20(6-10-24(27)29(35)32-21)19-4-8-23(9-5-19)41(3,37)38/h4-6,8-10,14,18,21-22,25-26,28,34H,7,11-13,15-17H2,1-3H3,(H,31,36)(H,32,35)/t21-,22-,25-,26-,28+/m0/s1. The Morgan fingerprint density at radius 2 is 1.76 bits per heavy atom. The van der Waals surface area contributed by atoms with E-state index in [1.807, 2.05) is 19.9 Å². The summed E-state index contributed by atoms with van der Waals surface area (Å²) in [5.41, 5.74) is 1.96. The number of carbonyl (C=O) groups is 2. The van der Waals surface area contributed by atoms with Crippen molar-refractivity contribution in [3.05, 3.63) is 48.0 Å². The zero-order chi connectivity index (χ0) is 29.3. The van der Waals surface area contributed by atoms with E-state index in [-0.39, 0.29) is 41.4 Å². The van der Waals surface area contributed by atoms with Gasteiger partial charge < -0.3 is 25.2 Å². The van der Waals surface area contributed by atoms with Gasteiger partial charge in [-0.2, -0.15) is 0 Å². The van der Waals surface area contributed by atoms with Crippen molar-refractivity contribution in [2.75, 3.05) is 26.0 Å². The Kier molecular flexibility index (Phi) is 8.70. The van der Waals surface area contributed by atoms with Gasteiger partial charge in [0.1, 0.15) is 11.9 Å². The van der Waals surface area contributed by atoms with Gasteiger partial charge in [-0.25, -0.2) is 8.42 Å². The molecule has 0 saturated carbocycles. The van der Waals surface area contributed by atoms with Crippen molar-refractivity contribution in [3.8, 4) is 16.9 Å². The molecule has 3 N–H and O–H groups in total. The highest BCUT2D eigenvalue weighted by molar-refractivity contribution is 7.90. The number of sulfone groups is 1. The molecule has 3 aliphatic rings. The number of carbonyl (C=O) groups excluding carboxylic acids is 2. The molecule has 4 bridgehead atoms. The summed E-state index contributed by atoms with van der Waals surface area (Å²) in [5.74, 6) is 0.00773. The highest BCUT2D eigenvalue weighted by Crippen LogP contribution is 2.30. The molecule has 2 aromatic rings. The van der Waals surface area contributed by atoms with Crippen LogP contribution in [-0.2, 0) is 19.4 Å². The van der Waals surface area contributed by atoms with Crippen LogP contribution >= 0.6 is 0 Å². The Hall–Kier alpha value is -2.99. The minimum absolute atomic E-state index is 0.0999. The lowest BCUT2D eigenvalue weighted by Gasteiger charge is -2.35. The van der Waals surface area contributed by atoms with E-state index in [9.17, 15) is 23.1 Å². The van der Waals surface area contributed by atoms with Crippen LogP contribution in [0.3, 0.4) is 0 Å². The number of nitrogens with zero attached hydrogens (tertiary/aromatic N) is 1. The number of aliphatic hydroxyl groups excluding tert-OH is 1. The maximum atomic E-state index is 13.5. The van der Waals surface area contributed by atoms with E-state index >= 15 is 0 Å². The molecule has 11 heteroatoms. The first kappa shape index (κ1) is 29.5. The number of hydrogen-bond donors (Lipinski definition) is 3. The van der Waals surface area contributed by atoms with Gasteiger partial charge in [-0.05, 0) is 68.5 Å². The Balaban J connectivity index is 1.45. The van der Waals surface area contributed by atoms with E-state index in [4.69, 9.17) is 9.47 Å². The van der Waals surface area contributed by atoms with Crippen molar-refractivity contribution < 1.29 is 32.6 Å². The van der Waals surface area contributed by atoms with E-state index in [2.05, 4.69) is 15.5 Å². The van der Waals surface area contributed by atoms with Gasteiger partial charge in [0, 0.05) is 37.8 Å². The zero-order valence-electron chi connectivity index (χ0n) is 23.7. The summed E-state index contributed by atoms with van der Waals surface area (Å²) >= 11 is 0. The predicted octanol–water partition coefficient (Wildman–Crippen LogP) is 2.15. The number of rotatable bonds is 3. The molecule has 0 radical (unpaired) electrons. The van der Waals surface area contributed by atoms with E-state index in [0.717, 1.165) is 11.1 Å². The molecule has 2 saturated heterocycles. The lowest BCUT2D eigenvalue weighted by Crippen LogP contribution is -2.51. The van der Waals surface area contributed by atoms with Crippen molar-refractivity contribution in [2.24, 2.45) is 0 Å². The SMILES string of the molecule is CC(C)N1C[C@@H]2C[C@H]1C(=O)NC[C@H]1O[C@H](CCOc3cc(-c4ccc(S(C)(=O)=O)cc4)ccc3C(=O)N2)CC[C@@H]1O. The molecule has 222 valence electrons. The molecule has 5 rings (SSSR count). The molecule has 0 aliphatic carbocycles. The molecule has 5 atom stereocenters. The first-order valence-electron chi connectivity index (χ1n) is 14.2. The third-order valence-corrected chi connectivity index (χ3v) is 9.37. The topological polar surface area (TPSA) is 134 Å². The first-order chi connectivity index (χ1) is 19.5. The van der Waals surface area contributed by atoms with Gasteiger partial charge in [0.05, 0.1) is 35.3 Å². The van der Waals surface area contributed by atoms with Gasteiger partial charge >= 0.3 is 0 Å². The molecule has 0 spiro atoms. The summed E-state index contributed by atoms with van der Waals surface area (Å²) in [4.78, 5) is 29.1. The fourth-order valence-corrected chi connectivity index (χ4v) is 6.56. The number of amides is 2. The van der Waals surface area contributed by atoms with Gasteiger partial charge in [-0.3, -0.25) is 14.5 Å². The molecule has 2 aromatic carbocycles. The van der Waals surface area contributed by atoms with Crippen LogP contribution < -0.4 is 15.4 Å². The Bertz CT molecular complexity index is 1380. The van der Waals surface area contributed by atoms with Crippen LogP contribution in [0, 0.1) is 0 Å². The van der Waals surface area contributed by atoms with E-state index < -0.39 is 28.1 Å². The van der Waals surface area contributed by atoms with Gasteiger partial charge in [0.2, 0.25) is 5.91 Å². The molecular weight excluding hydrogens is 546 g/mol. The number of fused-ring (bicyclic) bond motifs is 5. The largest absolute Gasteiger partial charge is 0.493 e. The second-order valence-electron chi connectivity index (χ2n) is 11.5. The quantitative estimate of drug-likeness (QED) is 0.499. The third-order valence-electron chi connectivity index (χ3n) is 8.24. The molecule has 0 aromatic heterocycles. The van der Waals surface area contributed by atoms with Crippen molar-refractivity contribution in [3.63, 3.8) is 0 Å². The predicted molar refractivity (Wildman–Crippen MR) is 154 cm³/mol. The fraction of sp³-hybridized carbons (Fsp3) is 0.533. The van der Waals surface area contributed by atoms with Gasteiger partial charge in [0.25, 0.3) is 5.91 Å². The summed E-state index contributed by atoms with van der Waals surface area (Å²) < 4.78 is 36.1. The molecular formula is C30H39N3O7S. The third kappa shape index (κ3) is 6.74. The molecule has 3 heterocycles. The number of benzene rings is 2. The number of hydrogen-bond acceptors (Lipinski definition) is 8. The fourth-order valence-electron chi connectivity index (χ4n) is 5.93. The van der Waals surface area contributed by atoms with Crippen molar-refractivity contribution in [2.45, 2.75) is 80.9 Å². The summed E-state index contributed by atoms with van der Waals surface area (Å²) in [5, 5.41) is 16.6.